The molecule has 4 heteroatoms. The number of aromatic amines is 1. The Morgan fingerprint density at radius 1 is 1.06 bits per heavy atom. The standard InChI is InChI=1S/C14H15N3S/c1-8-4-11-12(5-9(8)2)16-14(15-11)17-13-7-18-6-10(13)3/h4-7H,1-3H3,(H2,15,16,17). The summed E-state index contributed by atoms with van der Waals surface area (Å²) in [6.07, 6.45) is 0. The summed E-state index contributed by atoms with van der Waals surface area (Å²) in [5.74, 6) is 0.802. The number of thiophene rings is 1. The molecule has 0 aliphatic heterocycles. The molecule has 0 atom stereocenters. The lowest BCUT2D eigenvalue weighted by Gasteiger charge is -1.99. The normalized spacial score (nSPS) is 11.1. The predicted octanol–water partition coefficient (Wildman–Crippen LogP) is 4.29. The van der Waals surface area contributed by atoms with Crippen LogP contribution in [0.5, 0.6) is 0 Å². The lowest BCUT2D eigenvalue weighted by Crippen LogP contribution is -1.91. The Morgan fingerprint density at radius 3 is 2.56 bits per heavy atom. The maximum Gasteiger partial charge on any atom is 0.205 e. The van der Waals surface area contributed by atoms with Crippen molar-refractivity contribution in [2.24, 2.45) is 0 Å². The highest BCUT2D eigenvalue weighted by atomic mass is 32.1. The maximum absolute atomic E-state index is 4.57. The molecule has 0 bridgehead atoms. The van der Waals surface area contributed by atoms with Gasteiger partial charge in [-0.25, -0.2) is 4.98 Å². The molecule has 0 spiro atoms. The van der Waals surface area contributed by atoms with E-state index in [1.165, 1.54) is 16.7 Å². The van der Waals surface area contributed by atoms with Crippen LogP contribution in [0.2, 0.25) is 0 Å². The Morgan fingerprint density at radius 2 is 1.83 bits per heavy atom. The molecule has 3 rings (SSSR count). The fraction of sp³-hybridized carbons (Fsp3) is 0.214. The molecule has 0 saturated heterocycles. The largest absolute Gasteiger partial charge is 0.325 e. The Balaban J connectivity index is 2.01. The van der Waals surface area contributed by atoms with Gasteiger partial charge in [0.15, 0.2) is 0 Å². The van der Waals surface area contributed by atoms with Crippen molar-refractivity contribution in [1.82, 2.24) is 9.97 Å². The first-order chi connectivity index (χ1) is 8.63. The fourth-order valence-corrected chi connectivity index (χ4v) is 2.72. The predicted molar refractivity (Wildman–Crippen MR) is 77.9 cm³/mol. The molecule has 18 heavy (non-hydrogen) atoms. The van der Waals surface area contributed by atoms with Gasteiger partial charge in [-0.2, -0.15) is 0 Å². The molecular formula is C14H15N3S. The minimum Gasteiger partial charge on any atom is -0.325 e. The monoisotopic (exact) mass is 257 g/mol. The quantitative estimate of drug-likeness (QED) is 0.719. The zero-order valence-corrected chi connectivity index (χ0v) is 11.5. The summed E-state index contributed by atoms with van der Waals surface area (Å²) in [6.45, 7) is 6.32. The van der Waals surface area contributed by atoms with Gasteiger partial charge < -0.3 is 10.3 Å². The van der Waals surface area contributed by atoms with E-state index in [4.69, 9.17) is 0 Å². The number of hydrogen-bond donors (Lipinski definition) is 2. The topological polar surface area (TPSA) is 40.7 Å². The van der Waals surface area contributed by atoms with Crippen molar-refractivity contribution in [2.75, 3.05) is 5.32 Å². The Hall–Kier alpha value is -1.81. The number of nitrogens with zero attached hydrogens (tertiary/aromatic N) is 1. The number of hydrogen-bond acceptors (Lipinski definition) is 3. The number of fused-ring (bicyclic) bond motifs is 1. The molecule has 2 heterocycles. The van der Waals surface area contributed by atoms with E-state index in [-0.39, 0.29) is 0 Å². The number of anilines is 2. The molecule has 1 aromatic carbocycles. The zero-order valence-electron chi connectivity index (χ0n) is 10.7. The van der Waals surface area contributed by atoms with E-state index in [0.717, 1.165) is 22.7 Å². The molecule has 0 radical (unpaired) electrons. The van der Waals surface area contributed by atoms with Crippen molar-refractivity contribution in [2.45, 2.75) is 20.8 Å². The summed E-state index contributed by atoms with van der Waals surface area (Å²) < 4.78 is 0. The third-order valence-electron chi connectivity index (χ3n) is 3.21. The summed E-state index contributed by atoms with van der Waals surface area (Å²) in [5, 5.41) is 7.54. The SMILES string of the molecule is Cc1cc2nc(Nc3cscc3C)[nH]c2cc1C. The minimum atomic E-state index is 0.802. The van der Waals surface area contributed by atoms with E-state index < -0.39 is 0 Å². The molecule has 0 amide bonds. The summed E-state index contributed by atoms with van der Waals surface area (Å²) >= 11 is 1.69. The lowest BCUT2D eigenvalue weighted by molar-refractivity contribution is 1.30. The molecule has 0 saturated carbocycles. The van der Waals surface area contributed by atoms with Gasteiger partial charge in [0.1, 0.15) is 0 Å². The van der Waals surface area contributed by atoms with Crippen LogP contribution in [0.15, 0.2) is 22.9 Å². The molecule has 92 valence electrons. The van der Waals surface area contributed by atoms with Gasteiger partial charge in [-0.3, -0.25) is 0 Å². The highest BCUT2D eigenvalue weighted by Crippen LogP contribution is 2.25. The molecule has 0 unspecified atom stereocenters. The number of H-pyrrole nitrogens is 1. The van der Waals surface area contributed by atoms with Crippen LogP contribution in [-0.2, 0) is 0 Å². The first-order valence-electron chi connectivity index (χ1n) is 5.90. The van der Waals surface area contributed by atoms with Gasteiger partial charge in [-0.05, 0) is 55.0 Å². The summed E-state index contributed by atoms with van der Waals surface area (Å²) in [4.78, 5) is 7.88. The number of rotatable bonds is 2. The summed E-state index contributed by atoms with van der Waals surface area (Å²) in [7, 11) is 0. The van der Waals surface area contributed by atoms with Gasteiger partial charge in [0.2, 0.25) is 5.95 Å². The van der Waals surface area contributed by atoms with Gasteiger partial charge in [-0.15, -0.1) is 11.3 Å². The third-order valence-corrected chi connectivity index (χ3v) is 4.07. The molecule has 2 N–H and O–H groups in total. The van der Waals surface area contributed by atoms with Crippen molar-refractivity contribution < 1.29 is 0 Å². The van der Waals surface area contributed by atoms with Crippen LogP contribution >= 0.6 is 11.3 Å². The van der Waals surface area contributed by atoms with E-state index in [1.807, 2.05) is 0 Å². The van der Waals surface area contributed by atoms with Crippen molar-refractivity contribution in [3.8, 4) is 0 Å². The Bertz CT molecular complexity index is 670. The summed E-state index contributed by atoms with van der Waals surface area (Å²) in [6, 6.07) is 4.26. The fourth-order valence-electron chi connectivity index (χ4n) is 1.94. The van der Waals surface area contributed by atoms with Crippen LogP contribution in [0.25, 0.3) is 11.0 Å². The molecule has 0 aliphatic rings. The van der Waals surface area contributed by atoms with Crippen LogP contribution in [0.4, 0.5) is 11.6 Å². The number of imidazole rings is 1. The van der Waals surface area contributed by atoms with Crippen LogP contribution in [-0.4, -0.2) is 9.97 Å². The second-order valence-electron chi connectivity index (χ2n) is 4.63. The first-order valence-corrected chi connectivity index (χ1v) is 6.84. The van der Waals surface area contributed by atoms with Gasteiger partial charge in [0.25, 0.3) is 0 Å². The highest BCUT2D eigenvalue weighted by molar-refractivity contribution is 7.08. The smallest absolute Gasteiger partial charge is 0.205 e. The van der Waals surface area contributed by atoms with Crippen molar-refractivity contribution in [1.29, 1.82) is 0 Å². The van der Waals surface area contributed by atoms with E-state index in [0.29, 0.717) is 0 Å². The van der Waals surface area contributed by atoms with Crippen molar-refractivity contribution >= 4 is 34.0 Å². The Labute approximate surface area is 110 Å². The number of benzene rings is 1. The molecule has 3 aromatic rings. The van der Waals surface area contributed by atoms with E-state index in [2.05, 4.69) is 58.9 Å². The molecule has 2 aromatic heterocycles. The molecule has 0 fully saturated rings. The van der Waals surface area contributed by atoms with Gasteiger partial charge in [-0.1, -0.05) is 0 Å². The van der Waals surface area contributed by atoms with Gasteiger partial charge in [0.05, 0.1) is 16.7 Å². The molecule has 3 nitrogen and oxygen atoms in total. The molecule has 0 aliphatic carbocycles. The van der Waals surface area contributed by atoms with Gasteiger partial charge >= 0.3 is 0 Å². The third kappa shape index (κ3) is 1.88. The second kappa shape index (κ2) is 4.14. The minimum absolute atomic E-state index is 0.802. The van der Waals surface area contributed by atoms with Crippen LogP contribution in [0.1, 0.15) is 16.7 Å². The van der Waals surface area contributed by atoms with E-state index in [9.17, 15) is 0 Å². The number of aryl methyl sites for hydroxylation is 3. The van der Waals surface area contributed by atoms with E-state index >= 15 is 0 Å². The number of nitrogens with one attached hydrogen (secondary N) is 2. The average molecular weight is 257 g/mol. The second-order valence-corrected chi connectivity index (χ2v) is 5.38. The van der Waals surface area contributed by atoms with Crippen molar-refractivity contribution in [3.63, 3.8) is 0 Å². The Kier molecular flexibility index (Phi) is 2.59. The highest BCUT2D eigenvalue weighted by Gasteiger charge is 2.06. The van der Waals surface area contributed by atoms with Crippen molar-refractivity contribution in [3.05, 3.63) is 39.6 Å². The van der Waals surface area contributed by atoms with Crippen LogP contribution in [0.3, 0.4) is 0 Å². The zero-order chi connectivity index (χ0) is 12.7. The van der Waals surface area contributed by atoms with Gasteiger partial charge in [0, 0.05) is 5.38 Å². The van der Waals surface area contributed by atoms with E-state index in [1.54, 1.807) is 11.3 Å². The van der Waals surface area contributed by atoms with Crippen LogP contribution in [0, 0.1) is 20.8 Å². The lowest BCUT2D eigenvalue weighted by atomic mass is 10.1. The summed E-state index contributed by atoms with van der Waals surface area (Å²) in [5.41, 5.74) is 7.00. The van der Waals surface area contributed by atoms with Crippen LogP contribution < -0.4 is 5.32 Å². The molecular weight excluding hydrogens is 242 g/mol. The first kappa shape index (κ1) is 11.3. The average Bonchev–Trinajstić information content (AvgIpc) is 2.87. The number of aromatic nitrogens is 2. The maximum atomic E-state index is 4.57.